The van der Waals surface area contributed by atoms with E-state index >= 15 is 0 Å². The van der Waals surface area contributed by atoms with Gasteiger partial charge in [0.05, 0.1) is 5.69 Å². The molecule has 1 aromatic rings. The molecule has 0 bridgehead atoms. The molecule has 1 N–H and O–H groups in total. The normalized spacial score (nSPS) is 27.6. The summed E-state index contributed by atoms with van der Waals surface area (Å²) < 4.78 is 1.10. The first-order valence-electron chi connectivity index (χ1n) is 7.19. The van der Waals surface area contributed by atoms with Crippen LogP contribution in [0.15, 0.2) is 22.7 Å². The Kier molecular flexibility index (Phi) is 5.19. The van der Waals surface area contributed by atoms with Crippen molar-refractivity contribution in [1.29, 1.82) is 0 Å². The molecule has 0 aliphatic heterocycles. The molecule has 106 valence electrons. The quantitative estimate of drug-likeness (QED) is 0.711. The van der Waals surface area contributed by atoms with Crippen molar-refractivity contribution in [2.45, 2.75) is 46.1 Å². The minimum atomic E-state index is 0.554. The maximum atomic E-state index is 6.10. The molecule has 0 radical (unpaired) electrons. The maximum absolute atomic E-state index is 6.10. The van der Waals surface area contributed by atoms with Crippen LogP contribution in [0.25, 0.3) is 0 Å². The Morgan fingerprint density at radius 3 is 2.74 bits per heavy atom. The molecule has 1 nitrogen and oxygen atoms in total. The standard InChI is InChI=1S/C16H23BrClN/c1-10(2)13-6-4-11(3)8-15(13)19-16-9-12(18)5-7-14(16)17/h5,7,9-11,13,15,19H,4,6,8H2,1-3H3. The van der Waals surface area contributed by atoms with Crippen molar-refractivity contribution in [3.63, 3.8) is 0 Å². The van der Waals surface area contributed by atoms with Crippen LogP contribution in [-0.4, -0.2) is 6.04 Å². The number of hydrogen-bond donors (Lipinski definition) is 1. The van der Waals surface area contributed by atoms with Crippen molar-refractivity contribution in [2.24, 2.45) is 17.8 Å². The summed E-state index contributed by atoms with van der Waals surface area (Å²) in [5.41, 5.74) is 1.12. The number of rotatable bonds is 3. The Morgan fingerprint density at radius 2 is 2.05 bits per heavy atom. The van der Waals surface area contributed by atoms with Gasteiger partial charge in [0, 0.05) is 15.5 Å². The minimum Gasteiger partial charge on any atom is -0.381 e. The van der Waals surface area contributed by atoms with Crippen LogP contribution >= 0.6 is 27.5 Å². The van der Waals surface area contributed by atoms with Crippen molar-refractivity contribution in [3.8, 4) is 0 Å². The second-order valence-corrected chi connectivity index (χ2v) is 7.49. The fourth-order valence-corrected chi connectivity index (χ4v) is 3.71. The lowest BCUT2D eigenvalue weighted by molar-refractivity contribution is 0.212. The van der Waals surface area contributed by atoms with Crippen LogP contribution in [0.1, 0.15) is 40.0 Å². The highest BCUT2D eigenvalue weighted by molar-refractivity contribution is 9.10. The lowest BCUT2D eigenvalue weighted by Crippen LogP contribution is -2.37. The molecule has 3 atom stereocenters. The smallest absolute Gasteiger partial charge is 0.0501 e. The van der Waals surface area contributed by atoms with Gasteiger partial charge in [0.1, 0.15) is 0 Å². The van der Waals surface area contributed by atoms with Crippen LogP contribution in [0.3, 0.4) is 0 Å². The zero-order valence-corrected chi connectivity index (χ0v) is 14.3. The van der Waals surface area contributed by atoms with Crippen molar-refractivity contribution in [3.05, 3.63) is 27.7 Å². The van der Waals surface area contributed by atoms with Gasteiger partial charge in [0.2, 0.25) is 0 Å². The molecular formula is C16H23BrClN. The van der Waals surface area contributed by atoms with E-state index in [0.29, 0.717) is 6.04 Å². The molecule has 0 aromatic heterocycles. The molecule has 0 heterocycles. The van der Waals surface area contributed by atoms with Gasteiger partial charge >= 0.3 is 0 Å². The molecule has 1 aromatic carbocycles. The summed E-state index contributed by atoms with van der Waals surface area (Å²) in [4.78, 5) is 0. The number of hydrogen-bond acceptors (Lipinski definition) is 1. The summed E-state index contributed by atoms with van der Waals surface area (Å²) in [5.74, 6) is 2.29. The molecule has 0 spiro atoms. The lowest BCUT2D eigenvalue weighted by Gasteiger charge is -2.38. The SMILES string of the molecule is CC1CCC(C(C)C)C(Nc2cc(Cl)ccc2Br)C1. The van der Waals surface area contributed by atoms with Gasteiger partial charge in [-0.15, -0.1) is 0 Å². The Balaban J connectivity index is 2.16. The second kappa shape index (κ2) is 6.49. The summed E-state index contributed by atoms with van der Waals surface area (Å²) >= 11 is 9.71. The van der Waals surface area contributed by atoms with Crippen LogP contribution in [0.5, 0.6) is 0 Å². The van der Waals surface area contributed by atoms with Gasteiger partial charge in [0.15, 0.2) is 0 Å². The van der Waals surface area contributed by atoms with Crippen LogP contribution < -0.4 is 5.32 Å². The van der Waals surface area contributed by atoms with Crippen LogP contribution in [-0.2, 0) is 0 Å². The predicted molar refractivity (Wildman–Crippen MR) is 87.9 cm³/mol. The predicted octanol–water partition coefficient (Wildman–Crippen LogP) is 5.98. The highest BCUT2D eigenvalue weighted by Gasteiger charge is 2.30. The van der Waals surface area contributed by atoms with Crippen LogP contribution in [0.4, 0.5) is 5.69 Å². The Labute approximate surface area is 130 Å². The third-order valence-electron chi connectivity index (χ3n) is 4.29. The fraction of sp³-hybridized carbons (Fsp3) is 0.625. The van der Waals surface area contributed by atoms with Crippen LogP contribution in [0, 0.1) is 17.8 Å². The van der Waals surface area contributed by atoms with E-state index < -0.39 is 0 Å². The summed E-state index contributed by atoms with van der Waals surface area (Å²) in [7, 11) is 0. The van der Waals surface area contributed by atoms with E-state index in [1.165, 1.54) is 19.3 Å². The summed E-state index contributed by atoms with van der Waals surface area (Å²) in [5, 5.41) is 4.51. The summed E-state index contributed by atoms with van der Waals surface area (Å²) in [6, 6.07) is 6.50. The van der Waals surface area contributed by atoms with Gasteiger partial charge in [0.25, 0.3) is 0 Å². The lowest BCUT2D eigenvalue weighted by atomic mass is 9.74. The average molecular weight is 345 g/mol. The topological polar surface area (TPSA) is 12.0 Å². The van der Waals surface area contributed by atoms with Crippen molar-refractivity contribution in [2.75, 3.05) is 5.32 Å². The summed E-state index contributed by atoms with van der Waals surface area (Å²) in [6.45, 7) is 7.03. The largest absolute Gasteiger partial charge is 0.381 e. The molecule has 0 amide bonds. The molecule has 1 aliphatic carbocycles. The third-order valence-corrected chi connectivity index (χ3v) is 5.22. The molecule has 1 aliphatic rings. The second-order valence-electron chi connectivity index (χ2n) is 6.20. The zero-order chi connectivity index (χ0) is 14.0. The van der Waals surface area contributed by atoms with Gasteiger partial charge in [-0.2, -0.15) is 0 Å². The van der Waals surface area contributed by atoms with E-state index in [-0.39, 0.29) is 0 Å². The minimum absolute atomic E-state index is 0.554. The Morgan fingerprint density at radius 1 is 1.32 bits per heavy atom. The highest BCUT2D eigenvalue weighted by atomic mass is 79.9. The number of anilines is 1. The Bertz CT molecular complexity index is 433. The van der Waals surface area contributed by atoms with Crippen molar-refractivity contribution in [1.82, 2.24) is 0 Å². The van der Waals surface area contributed by atoms with E-state index in [2.05, 4.69) is 42.0 Å². The van der Waals surface area contributed by atoms with Gasteiger partial charge in [-0.1, -0.05) is 38.8 Å². The molecule has 19 heavy (non-hydrogen) atoms. The van der Waals surface area contributed by atoms with Gasteiger partial charge in [-0.3, -0.25) is 0 Å². The molecular weight excluding hydrogens is 322 g/mol. The number of nitrogens with one attached hydrogen (secondary N) is 1. The first-order valence-corrected chi connectivity index (χ1v) is 8.36. The monoisotopic (exact) mass is 343 g/mol. The highest BCUT2D eigenvalue weighted by Crippen LogP contribution is 2.37. The van der Waals surface area contributed by atoms with E-state index in [9.17, 15) is 0 Å². The number of halogens is 2. The van der Waals surface area contributed by atoms with E-state index in [0.717, 1.165) is 32.9 Å². The molecule has 1 saturated carbocycles. The first kappa shape index (κ1) is 15.2. The summed E-state index contributed by atoms with van der Waals surface area (Å²) in [6.07, 6.45) is 3.94. The Hall–Kier alpha value is -0.210. The molecule has 3 unspecified atom stereocenters. The van der Waals surface area contributed by atoms with Gasteiger partial charge < -0.3 is 5.32 Å². The average Bonchev–Trinajstić information content (AvgIpc) is 2.33. The molecule has 1 fully saturated rings. The molecule has 0 saturated heterocycles. The van der Waals surface area contributed by atoms with Gasteiger partial charge in [-0.05, 0) is 64.7 Å². The van der Waals surface area contributed by atoms with E-state index in [4.69, 9.17) is 11.6 Å². The first-order chi connectivity index (χ1) is 8.97. The molecule has 3 heteroatoms. The van der Waals surface area contributed by atoms with Crippen molar-refractivity contribution < 1.29 is 0 Å². The molecule has 2 rings (SSSR count). The zero-order valence-electron chi connectivity index (χ0n) is 11.9. The van der Waals surface area contributed by atoms with Crippen molar-refractivity contribution >= 4 is 33.2 Å². The van der Waals surface area contributed by atoms with E-state index in [1.54, 1.807) is 0 Å². The van der Waals surface area contributed by atoms with Crippen LogP contribution in [0.2, 0.25) is 5.02 Å². The maximum Gasteiger partial charge on any atom is 0.0501 e. The third kappa shape index (κ3) is 3.88. The fourth-order valence-electron chi connectivity index (χ4n) is 3.18. The number of benzene rings is 1. The van der Waals surface area contributed by atoms with Gasteiger partial charge in [-0.25, -0.2) is 0 Å². The van der Waals surface area contributed by atoms with E-state index in [1.807, 2.05) is 18.2 Å².